The zero-order valence-electron chi connectivity index (χ0n) is 11.4. The molecule has 0 bridgehead atoms. The van der Waals surface area contributed by atoms with Crippen molar-refractivity contribution in [3.8, 4) is 0 Å². The third-order valence-electron chi connectivity index (χ3n) is 3.80. The second kappa shape index (κ2) is 5.85. The molecule has 1 aromatic rings. The summed E-state index contributed by atoms with van der Waals surface area (Å²) in [7, 11) is -1.81. The van der Waals surface area contributed by atoms with Crippen LogP contribution in [0.15, 0.2) is 15.4 Å². The van der Waals surface area contributed by atoms with Gasteiger partial charge in [0.1, 0.15) is 16.4 Å². The monoisotopic (exact) mass is 305 g/mol. The van der Waals surface area contributed by atoms with Crippen molar-refractivity contribution < 1.29 is 12.8 Å². The molecule has 0 N–H and O–H groups in total. The summed E-state index contributed by atoms with van der Waals surface area (Å²) >= 11 is 5.69. The van der Waals surface area contributed by atoms with Gasteiger partial charge in [0, 0.05) is 19.2 Å². The van der Waals surface area contributed by atoms with Crippen LogP contribution in [0, 0.1) is 6.92 Å². The van der Waals surface area contributed by atoms with Gasteiger partial charge >= 0.3 is 0 Å². The lowest BCUT2D eigenvalue weighted by molar-refractivity contribution is 0.285. The van der Waals surface area contributed by atoms with Crippen LogP contribution in [0.5, 0.6) is 0 Å². The number of furan rings is 1. The number of halogens is 1. The topological polar surface area (TPSA) is 50.5 Å². The molecule has 0 atom stereocenters. The Bertz CT molecular complexity index is 532. The van der Waals surface area contributed by atoms with Gasteiger partial charge in [0.2, 0.25) is 10.0 Å². The Labute approximate surface area is 119 Å². The van der Waals surface area contributed by atoms with E-state index in [2.05, 4.69) is 0 Å². The summed E-state index contributed by atoms with van der Waals surface area (Å²) in [5.41, 5.74) is 0. The van der Waals surface area contributed by atoms with E-state index in [0.29, 0.717) is 11.5 Å². The molecule has 0 aliphatic heterocycles. The molecule has 6 heteroatoms. The second-order valence-electron chi connectivity index (χ2n) is 5.08. The van der Waals surface area contributed by atoms with Gasteiger partial charge in [-0.15, -0.1) is 11.6 Å². The van der Waals surface area contributed by atoms with Gasteiger partial charge in [0.25, 0.3) is 0 Å². The smallest absolute Gasteiger partial charge is 0.246 e. The molecule has 0 radical (unpaired) electrons. The minimum absolute atomic E-state index is 0.104. The molecular weight excluding hydrogens is 286 g/mol. The molecule has 0 spiro atoms. The van der Waals surface area contributed by atoms with Crippen molar-refractivity contribution in [1.29, 1.82) is 0 Å². The molecule has 0 unspecified atom stereocenters. The lowest BCUT2D eigenvalue weighted by Crippen LogP contribution is -2.38. The molecule has 1 aliphatic rings. The zero-order valence-corrected chi connectivity index (χ0v) is 12.9. The van der Waals surface area contributed by atoms with Crippen LogP contribution in [-0.4, -0.2) is 25.8 Å². The lowest BCUT2D eigenvalue weighted by atomic mass is 9.96. The normalized spacial score (nSPS) is 18.1. The van der Waals surface area contributed by atoms with Gasteiger partial charge < -0.3 is 4.42 Å². The molecule has 1 aromatic heterocycles. The molecular formula is C13H20ClNO3S. The fourth-order valence-corrected chi connectivity index (χ4v) is 4.37. The molecule has 108 valence electrons. The van der Waals surface area contributed by atoms with E-state index in [-0.39, 0.29) is 16.8 Å². The fourth-order valence-electron chi connectivity index (χ4n) is 2.64. The minimum Gasteiger partial charge on any atom is -0.464 e. The number of rotatable bonds is 4. The summed E-state index contributed by atoms with van der Waals surface area (Å²) in [5, 5.41) is 0. The van der Waals surface area contributed by atoms with Crippen molar-refractivity contribution in [3.05, 3.63) is 17.6 Å². The van der Waals surface area contributed by atoms with E-state index in [1.165, 1.54) is 16.8 Å². The van der Waals surface area contributed by atoms with Gasteiger partial charge in [-0.1, -0.05) is 19.3 Å². The molecule has 1 fully saturated rings. The maximum absolute atomic E-state index is 12.6. The Morgan fingerprint density at radius 2 is 2.00 bits per heavy atom. The first-order valence-electron chi connectivity index (χ1n) is 6.60. The van der Waals surface area contributed by atoms with Crippen molar-refractivity contribution in [2.24, 2.45) is 0 Å². The first-order valence-corrected chi connectivity index (χ1v) is 8.57. The van der Waals surface area contributed by atoms with Gasteiger partial charge in [-0.2, -0.15) is 4.31 Å². The maximum atomic E-state index is 12.6. The number of sulfonamides is 1. The molecule has 4 nitrogen and oxygen atoms in total. The Kier molecular flexibility index (Phi) is 4.58. The van der Waals surface area contributed by atoms with E-state index in [4.69, 9.17) is 16.0 Å². The maximum Gasteiger partial charge on any atom is 0.246 e. The van der Waals surface area contributed by atoms with Crippen LogP contribution in [0.3, 0.4) is 0 Å². The number of nitrogens with zero attached hydrogens (tertiary/aromatic N) is 1. The summed E-state index contributed by atoms with van der Waals surface area (Å²) in [6.07, 6.45) is 5.28. The lowest BCUT2D eigenvalue weighted by Gasteiger charge is -2.30. The molecule has 0 amide bonds. The molecule has 1 saturated carbocycles. The van der Waals surface area contributed by atoms with E-state index in [1.54, 1.807) is 14.0 Å². The zero-order chi connectivity index (χ0) is 14.0. The summed E-state index contributed by atoms with van der Waals surface area (Å²) < 4.78 is 32.1. The van der Waals surface area contributed by atoms with Crippen molar-refractivity contribution in [1.82, 2.24) is 4.31 Å². The predicted octanol–water partition coefficient (Wildman–Crippen LogP) is 3.28. The van der Waals surface area contributed by atoms with Crippen LogP contribution in [0.1, 0.15) is 43.6 Å². The number of hydrogen-bond donors (Lipinski definition) is 0. The van der Waals surface area contributed by atoms with Crippen LogP contribution >= 0.6 is 11.6 Å². The summed E-state index contributed by atoms with van der Waals surface area (Å²) in [6.45, 7) is 1.66. The first-order chi connectivity index (χ1) is 8.96. The van der Waals surface area contributed by atoms with Crippen LogP contribution in [0.2, 0.25) is 0 Å². The molecule has 2 rings (SSSR count). The van der Waals surface area contributed by atoms with Gasteiger partial charge in [-0.3, -0.25) is 0 Å². The van der Waals surface area contributed by atoms with E-state index in [9.17, 15) is 8.42 Å². The number of hydrogen-bond acceptors (Lipinski definition) is 3. The molecule has 19 heavy (non-hydrogen) atoms. The molecule has 0 saturated heterocycles. The van der Waals surface area contributed by atoms with E-state index in [1.807, 2.05) is 0 Å². The summed E-state index contributed by atoms with van der Waals surface area (Å²) in [4.78, 5) is 0.247. The molecule has 0 aromatic carbocycles. The van der Waals surface area contributed by atoms with Gasteiger partial charge in [-0.25, -0.2) is 8.42 Å². The first kappa shape index (κ1) is 14.9. The SMILES string of the molecule is Cc1oc(CCl)cc1S(=O)(=O)N(C)C1CCCCC1. The Morgan fingerprint density at radius 1 is 1.37 bits per heavy atom. The highest BCUT2D eigenvalue weighted by molar-refractivity contribution is 7.89. The Balaban J connectivity index is 2.27. The Hall–Kier alpha value is -0.520. The third kappa shape index (κ3) is 2.98. The predicted molar refractivity (Wildman–Crippen MR) is 74.8 cm³/mol. The summed E-state index contributed by atoms with van der Waals surface area (Å²) in [5.74, 6) is 1.09. The van der Waals surface area contributed by atoms with E-state index < -0.39 is 10.0 Å². The number of aryl methyl sites for hydroxylation is 1. The van der Waals surface area contributed by atoms with Crippen molar-refractivity contribution in [3.63, 3.8) is 0 Å². The fraction of sp³-hybridized carbons (Fsp3) is 0.692. The molecule has 1 aliphatic carbocycles. The highest BCUT2D eigenvalue weighted by Gasteiger charge is 2.31. The second-order valence-corrected chi connectivity index (χ2v) is 7.31. The largest absolute Gasteiger partial charge is 0.464 e. The average molecular weight is 306 g/mol. The van der Waals surface area contributed by atoms with Gasteiger partial charge in [0.15, 0.2) is 0 Å². The standard InChI is InChI=1S/C13H20ClNO3S/c1-10-13(8-12(9-14)18-10)19(16,17)15(2)11-6-4-3-5-7-11/h8,11H,3-7,9H2,1-2H3. The summed E-state index contributed by atoms with van der Waals surface area (Å²) in [6, 6.07) is 1.64. The Morgan fingerprint density at radius 3 is 2.53 bits per heavy atom. The molecule has 1 heterocycles. The average Bonchev–Trinajstić information content (AvgIpc) is 2.81. The van der Waals surface area contributed by atoms with Gasteiger partial charge in [0.05, 0.1) is 5.88 Å². The van der Waals surface area contributed by atoms with E-state index >= 15 is 0 Å². The van der Waals surface area contributed by atoms with Crippen LogP contribution < -0.4 is 0 Å². The van der Waals surface area contributed by atoms with Crippen LogP contribution in [0.4, 0.5) is 0 Å². The van der Waals surface area contributed by atoms with Crippen LogP contribution in [-0.2, 0) is 15.9 Å². The highest BCUT2D eigenvalue weighted by atomic mass is 35.5. The minimum atomic E-state index is -3.48. The third-order valence-corrected chi connectivity index (χ3v) is 6.08. The van der Waals surface area contributed by atoms with E-state index in [0.717, 1.165) is 25.7 Å². The van der Waals surface area contributed by atoms with Crippen molar-refractivity contribution in [2.75, 3.05) is 7.05 Å². The highest BCUT2D eigenvalue weighted by Crippen LogP contribution is 2.29. The van der Waals surface area contributed by atoms with Crippen molar-refractivity contribution >= 4 is 21.6 Å². The quantitative estimate of drug-likeness (QED) is 0.802. The van der Waals surface area contributed by atoms with Gasteiger partial charge in [-0.05, 0) is 19.8 Å². The van der Waals surface area contributed by atoms with Crippen LogP contribution in [0.25, 0.3) is 0 Å². The number of alkyl halides is 1. The van der Waals surface area contributed by atoms with Crippen molar-refractivity contribution in [2.45, 2.75) is 55.8 Å².